The van der Waals surface area contributed by atoms with Gasteiger partial charge in [-0.1, -0.05) is 22.0 Å². The predicted octanol–water partition coefficient (Wildman–Crippen LogP) is 5.50. The summed E-state index contributed by atoms with van der Waals surface area (Å²) in [6, 6.07) is 6.05. The Bertz CT molecular complexity index is 628. The third-order valence-corrected chi connectivity index (χ3v) is 3.94. The molecular weight excluding hydrogens is 341 g/mol. The summed E-state index contributed by atoms with van der Waals surface area (Å²) in [5, 5.41) is -0.898. The zero-order chi connectivity index (χ0) is 14.2. The average Bonchev–Trinajstić information content (AvgIpc) is 2.33. The van der Waals surface area contributed by atoms with Gasteiger partial charge in [-0.2, -0.15) is 0 Å². The molecule has 2 aromatic rings. The number of benzene rings is 2. The van der Waals surface area contributed by atoms with Crippen molar-refractivity contribution in [2.45, 2.75) is 12.3 Å². The number of aryl methyl sites for hydroxylation is 1. The Morgan fingerprint density at radius 1 is 1.00 bits per heavy atom. The van der Waals surface area contributed by atoms with Gasteiger partial charge >= 0.3 is 0 Å². The van der Waals surface area contributed by atoms with Crippen LogP contribution >= 0.6 is 27.5 Å². The standard InChI is InChI=1S/C14H9BrClF3/c1-7-4-13(19)10(6-12(7)18)14(16)9-3-2-8(17)5-11(9)15/h2-6,14H,1H3. The highest BCUT2D eigenvalue weighted by Gasteiger charge is 2.19. The van der Waals surface area contributed by atoms with Crippen molar-refractivity contribution in [3.05, 3.63) is 68.9 Å². The van der Waals surface area contributed by atoms with Crippen molar-refractivity contribution in [2.75, 3.05) is 0 Å². The first-order valence-electron chi connectivity index (χ1n) is 5.44. The molecule has 5 heteroatoms. The van der Waals surface area contributed by atoms with Crippen molar-refractivity contribution in [1.29, 1.82) is 0 Å². The van der Waals surface area contributed by atoms with Crippen LogP contribution in [0.3, 0.4) is 0 Å². The normalized spacial score (nSPS) is 12.5. The molecule has 0 fully saturated rings. The third-order valence-electron chi connectivity index (χ3n) is 2.79. The van der Waals surface area contributed by atoms with Crippen molar-refractivity contribution in [3.63, 3.8) is 0 Å². The molecule has 0 aliphatic heterocycles. The van der Waals surface area contributed by atoms with Crippen molar-refractivity contribution >= 4 is 27.5 Å². The van der Waals surface area contributed by atoms with Gasteiger partial charge in [0.15, 0.2) is 0 Å². The van der Waals surface area contributed by atoms with E-state index in [1.807, 2.05) is 0 Å². The Morgan fingerprint density at radius 2 is 1.68 bits per heavy atom. The molecule has 0 saturated heterocycles. The third kappa shape index (κ3) is 2.95. The van der Waals surface area contributed by atoms with Crippen molar-refractivity contribution < 1.29 is 13.2 Å². The van der Waals surface area contributed by atoms with E-state index in [0.29, 0.717) is 10.0 Å². The van der Waals surface area contributed by atoms with Crippen LogP contribution in [0.25, 0.3) is 0 Å². The molecule has 0 N–H and O–H groups in total. The summed E-state index contributed by atoms with van der Waals surface area (Å²) in [6.45, 7) is 1.47. The lowest BCUT2D eigenvalue weighted by Crippen LogP contribution is -2.01. The van der Waals surface area contributed by atoms with Crippen LogP contribution in [0.1, 0.15) is 22.1 Å². The van der Waals surface area contributed by atoms with Crippen molar-refractivity contribution in [3.8, 4) is 0 Å². The Morgan fingerprint density at radius 3 is 2.32 bits per heavy atom. The van der Waals surface area contributed by atoms with E-state index in [1.54, 1.807) is 0 Å². The molecule has 0 aromatic heterocycles. The van der Waals surface area contributed by atoms with Crippen LogP contribution in [-0.2, 0) is 0 Å². The van der Waals surface area contributed by atoms with Gasteiger partial charge in [-0.3, -0.25) is 0 Å². The monoisotopic (exact) mass is 348 g/mol. The molecule has 0 saturated carbocycles. The van der Waals surface area contributed by atoms with Crippen molar-refractivity contribution in [2.24, 2.45) is 0 Å². The van der Waals surface area contributed by atoms with Crippen LogP contribution in [0.5, 0.6) is 0 Å². The first-order chi connectivity index (χ1) is 8.90. The Kier molecular flexibility index (Phi) is 4.21. The van der Waals surface area contributed by atoms with Crippen LogP contribution in [0, 0.1) is 24.4 Å². The fourth-order valence-corrected chi connectivity index (χ4v) is 2.80. The smallest absolute Gasteiger partial charge is 0.128 e. The summed E-state index contributed by atoms with van der Waals surface area (Å²) in [7, 11) is 0. The Labute approximate surface area is 122 Å². The summed E-state index contributed by atoms with van der Waals surface area (Å²) < 4.78 is 40.8. The summed E-state index contributed by atoms with van der Waals surface area (Å²) >= 11 is 9.32. The van der Waals surface area contributed by atoms with Crippen molar-refractivity contribution in [1.82, 2.24) is 0 Å². The first kappa shape index (κ1) is 14.4. The fourth-order valence-electron chi connectivity index (χ4n) is 1.73. The highest BCUT2D eigenvalue weighted by atomic mass is 79.9. The minimum absolute atomic E-state index is 0.0251. The zero-order valence-corrected chi connectivity index (χ0v) is 12.2. The predicted molar refractivity (Wildman–Crippen MR) is 72.9 cm³/mol. The summed E-state index contributed by atoms with van der Waals surface area (Å²) in [4.78, 5) is 0. The quantitative estimate of drug-likeness (QED) is 0.628. The second-order valence-corrected chi connectivity index (χ2v) is 5.44. The van der Waals surface area contributed by atoms with E-state index in [9.17, 15) is 13.2 Å². The van der Waals surface area contributed by atoms with E-state index in [4.69, 9.17) is 11.6 Å². The Balaban J connectivity index is 2.49. The average molecular weight is 350 g/mol. The number of alkyl halides is 1. The van der Waals surface area contributed by atoms with Crippen LogP contribution in [0.2, 0.25) is 0 Å². The summed E-state index contributed by atoms with van der Waals surface area (Å²) in [5.74, 6) is -1.55. The van der Waals surface area contributed by atoms with Crippen LogP contribution in [0.4, 0.5) is 13.2 Å². The molecule has 0 spiro atoms. The van der Waals surface area contributed by atoms with E-state index in [-0.39, 0.29) is 11.1 Å². The van der Waals surface area contributed by atoms with Gasteiger partial charge in [0.25, 0.3) is 0 Å². The highest BCUT2D eigenvalue weighted by Crippen LogP contribution is 2.36. The second-order valence-electron chi connectivity index (χ2n) is 4.15. The molecule has 100 valence electrons. The molecule has 19 heavy (non-hydrogen) atoms. The molecule has 0 heterocycles. The maximum atomic E-state index is 13.8. The minimum Gasteiger partial charge on any atom is -0.207 e. The van der Waals surface area contributed by atoms with Crippen LogP contribution < -0.4 is 0 Å². The van der Waals surface area contributed by atoms with Gasteiger partial charge in [-0.05, 0) is 42.3 Å². The van der Waals surface area contributed by atoms with Gasteiger partial charge < -0.3 is 0 Å². The minimum atomic E-state index is -0.898. The maximum Gasteiger partial charge on any atom is 0.128 e. The van der Waals surface area contributed by atoms with E-state index in [0.717, 1.165) is 12.1 Å². The summed E-state index contributed by atoms with van der Waals surface area (Å²) in [5.41, 5.74) is 0.714. The van der Waals surface area contributed by atoms with Crippen LogP contribution in [0.15, 0.2) is 34.8 Å². The molecule has 1 unspecified atom stereocenters. The van der Waals surface area contributed by atoms with E-state index in [2.05, 4.69) is 15.9 Å². The molecule has 2 aromatic carbocycles. The molecule has 0 nitrogen and oxygen atoms in total. The zero-order valence-electron chi connectivity index (χ0n) is 9.85. The van der Waals surface area contributed by atoms with Gasteiger partial charge in [0.05, 0.1) is 5.38 Å². The number of hydrogen-bond acceptors (Lipinski definition) is 0. The molecule has 0 amide bonds. The molecule has 0 aliphatic carbocycles. The lowest BCUT2D eigenvalue weighted by molar-refractivity contribution is 0.580. The number of halogens is 5. The lowest BCUT2D eigenvalue weighted by atomic mass is 10.0. The molecule has 2 rings (SSSR count). The van der Waals surface area contributed by atoms with Gasteiger partial charge in [0, 0.05) is 10.0 Å². The maximum absolute atomic E-state index is 13.8. The molecule has 0 radical (unpaired) electrons. The van der Waals surface area contributed by atoms with E-state index < -0.39 is 22.8 Å². The second kappa shape index (κ2) is 5.55. The molecule has 0 aliphatic rings. The van der Waals surface area contributed by atoms with E-state index >= 15 is 0 Å². The van der Waals surface area contributed by atoms with Crippen LogP contribution in [-0.4, -0.2) is 0 Å². The Hall–Kier alpha value is -1.00. The van der Waals surface area contributed by atoms with Gasteiger partial charge in [-0.15, -0.1) is 11.6 Å². The summed E-state index contributed by atoms with van der Waals surface area (Å²) in [6.07, 6.45) is 0. The first-order valence-corrected chi connectivity index (χ1v) is 6.67. The highest BCUT2D eigenvalue weighted by molar-refractivity contribution is 9.10. The van der Waals surface area contributed by atoms with Gasteiger partial charge in [0.1, 0.15) is 17.5 Å². The SMILES string of the molecule is Cc1cc(F)c(C(Cl)c2ccc(F)cc2Br)cc1F. The molecular formula is C14H9BrClF3. The lowest BCUT2D eigenvalue weighted by Gasteiger charge is -2.14. The number of hydrogen-bond donors (Lipinski definition) is 0. The van der Waals surface area contributed by atoms with Gasteiger partial charge in [-0.25, -0.2) is 13.2 Å². The van der Waals surface area contributed by atoms with E-state index in [1.165, 1.54) is 25.1 Å². The number of rotatable bonds is 2. The molecule has 0 bridgehead atoms. The fraction of sp³-hybridized carbons (Fsp3) is 0.143. The molecule has 1 atom stereocenters. The largest absolute Gasteiger partial charge is 0.207 e. The van der Waals surface area contributed by atoms with Gasteiger partial charge in [0.2, 0.25) is 0 Å². The topological polar surface area (TPSA) is 0 Å².